The van der Waals surface area contributed by atoms with E-state index in [9.17, 15) is 0 Å². The summed E-state index contributed by atoms with van der Waals surface area (Å²) >= 11 is 5.89. The van der Waals surface area contributed by atoms with Gasteiger partial charge in [-0.15, -0.1) is 12.4 Å². The Labute approximate surface area is 112 Å². The van der Waals surface area contributed by atoms with Crippen LogP contribution in [-0.2, 0) is 13.0 Å². The van der Waals surface area contributed by atoms with Gasteiger partial charge in [0.05, 0.1) is 11.9 Å². The number of aromatic nitrogens is 2. The highest BCUT2D eigenvalue weighted by Gasteiger charge is 2.14. The molecule has 0 fully saturated rings. The minimum atomic E-state index is 0. The maximum atomic E-state index is 5.89. The molecule has 0 N–H and O–H groups in total. The van der Waals surface area contributed by atoms with E-state index in [0.717, 1.165) is 18.0 Å². The van der Waals surface area contributed by atoms with Gasteiger partial charge in [-0.3, -0.25) is 0 Å². The third kappa shape index (κ3) is 2.33. The molecule has 0 bridgehead atoms. The van der Waals surface area contributed by atoms with Gasteiger partial charge in [0.25, 0.3) is 0 Å². The maximum Gasteiger partial charge on any atom is 0.109 e. The van der Waals surface area contributed by atoms with Crippen LogP contribution in [0.1, 0.15) is 18.7 Å². The number of hydrogen-bond acceptors (Lipinski definition) is 1. The van der Waals surface area contributed by atoms with Crippen molar-refractivity contribution in [2.75, 3.05) is 0 Å². The van der Waals surface area contributed by atoms with Crippen molar-refractivity contribution in [3.05, 3.63) is 41.3 Å². The first-order valence-electron chi connectivity index (χ1n) is 5.65. The Morgan fingerprint density at radius 2 is 1.88 bits per heavy atom. The molecule has 0 atom stereocenters. The van der Waals surface area contributed by atoms with Crippen LogP contribution in [0.25, 0.3) is 11.3 Å². The van der Waals surface area contributed by atoms with E-state index < -0.39 is 0 Å². The lowest BCUT2D eigenvalue weighted by atomic mass is 10.1. The molecule has 2 nitrogen and oxygen atoms in total. The van der Waals surface area contributed by atoms with Crippen molar-refractivity contribution in [3.8, 4) is 11.3 Å². The van der Waals surface area contributed by atoms with Crippen LogP contribution in [-0.4, -0.2) is 9.55 Å². The van der Waals surface area contributed by atoms with Crippen molar-refractivity contribution in [1.29, 1.82) is 0 Å². The summed E-state index contributed by atoms with van der Waals surface area (Å²) in [6.07, 6.45) is 5.60. The second-order valence-corrected chi connectivity index (χ2v) is 4.61. The number of aryl methyl sites for hydroxylation is 1. The summed E-state index contributed by atoms with van der Waals surface area (Å²) < 4.78 is 2.33. The summed E-state index contributed by atoms with van der Waals surface area (Å²) in [6.45, 7) is 1.09. The lowest BCUT2D eigenvalue weighted by Crippen LogP contribution is -2.11. The van der Waals surface area contributed by atoms with Crippen LogP contribution in [0.2, 0.25) is 5.02 Å². The Hall–Kier alpha value is -0.990. The number of halogens is 2. The number of benzene rings is 1. The predicted molar refractivity (Wildman–Crippen MR) is 72.9 cm³/mol. The second kappa shape index (κ2) is 5.11. The smallest absolute Gasteiger partial charge is 0.109 e. The normalized spacial score (nSPS) is 13.9. The average Bonchev–Trinajstić information content (AvgIpc) is 2.74. The van der Waals surface area contributed by atoms with E-state index in [2.05, 4.69) is 21.7 Å². The summed E-state index contributed by atoms with van der Waals surface area (Å²) in [4.78, 5) is 4.49. The van der Waals surface area contributed by atoms with Gasteiger partial charge in [0.1, 0.15) is 5.82 Å². The Balaban J connectivity index is 0.00000108. The molecule has 0 spiro atoms. The van der Waals surface area contributed by atoms with E-state index in [1.807, 2.05) is 18.3 Å². The van der Waals surface area contributed by atoms with Crippen LogP contribution < -0.4 is 0 Å². The van der Waals surface area contributed by atoms with Crippen molar-refractivity contribution in [2.45, 2.75) is 25.8 Å². The molecule has 2 heterocycles. The number of hydrogen-bond donors (Lipinski definition) is 0. The number of fused-ring (bicyclic) bond motifs is 1. The molecule has 0 unspecified atom stereocenters. The summed E-state index contributed by atoms with van der Waals surface area (Å²) in [5, 5.41) is 0.780. The molecular weight excluding hydrogens is 255 g/mol. The first-order valence-corrected chi connectivity index (χ1v) is 6.03. The fourth-order valence-electron chi connectivity index (χ4n) is 2.27. The summed E-state index contributed by atoms with van der Waals surface area (Å²) in [5.74, 6) is 1.22. The van der Waals surface area contributed by atoms with E-state index in [0.29, 0.717) is 0 Å². The minimum Gasteiger partial charge on any atom is -0.328 e. The second-order valence-electron chi connectivity index (χ2n) is 4.18. The van der Waals surface area contributed by atoms with Crippen molar-refractivity contribution in [2.24, 2.45) is 0 Å². The van der Waals surface area contributed by atoms with Gasteiger partial charge in [0, 0.05) is 18.0 Å². The molecule has 1 aliphatic heterocycles. The molecule has 0 amide bonds. The van der Waals surface area contributed by atoms with E-state index in [1.165, 1.54) is 29.9 Å². The van der Waals surface area contributed by atoms with Gasteiger partial charge >= 0.3 is 0 Å². The van der Waals surface area contributed by atoms with E-state index in [1.54, 1.807) is 0 Å². The SMILES string of the molecule is Cl.Clc1ccc(-c2cnc3n2CCCC3)cc1. The Kier molecular flexibility index (Phi) is 3.75. The van der Waals surface area contributed by atoms with Gasteiger partial charge < -0.3 is 4.57 Å². The standard InChI is InChI=1S/C13H13ClN2.ClH/c14-11-6-4-10(5-7-11)12-9-15-13-3-1-2-8-16(12)13;/h4-7,9H,1-3,8H2;1H. The van der Waals surface area contributed by atoms with Crippen LogP contribution in [0.4, 0.5) is 0 Å². The third-order valence-electron chi connectivity index (χ3n) is 3.11. The van der Waals surface area contributed by atoms with Gasteiger partial charge in [-0.05, 0) is 30.5 Å². The van der Waals surface area contributed by atoms with Gasteiger partial charge in [-0.25, -0.2) is 4.98 Å². The molecule has 4 heteroatoms. The van der Waals surface area contributed by atoms with Crippen molar-refractivity contribution >= 4 is 24.0 Å². The molecule has 90 valence electrons. The monoisotopic (exact) mass is 268 g/mol. The molecule has 1 aromatic heterocycles. The van der Waals surface area contributed by atoms with Gasteiger partial charge in [-0.2, -0.15) is 0 Å². The third-order valence-corrected chi connectivity index (χ3v) is 3.36. The fourth-order valence-corrected chi connectivity index (χ4v) is 2.39. The molecule has 0 aliphatic carbocycles. The average molecular weight is 269 g/mol. The zero-order chi connectivity index (χ0) is 11.0. The van der Waals surface area contributed by atoms with E-state index in [-0.39, 0.29) is 12.4 Å². The Morgan fingerprint density at radius 1 is 1.12 bits per heavy atom. The van der Waals surface area contributed by atoms with Crippen LogP contribution in [0.5, 0.6) is 0 Å². The summed E-state index contributed by atoms with van der Waals surface area (Å²) in [7, 11) is 0. The zero-order valence-corrected chi connectivity index (χ0v) is 11.0. The van der Waals surface area contributed by atoms with Crippen LogP contribution in [0.15, 0.2) is 30.5 Å². The first kappa shape index (κ1) is 12.5. The van der Waals surface area contributed by atoms with Crippen molar-refractivity contribution in [3.63, 3.8) is 0 Å². The highest BCUT2D eigenvalue weighted by atomic mass is 35.5. The molecule has 0 saturated carbocycles. The van der Waals surface area contributed by atoms with Crippen molar-refractivity contribution in [1.82, 2.24) is 9.55 Å². The van der Waals surface area contributed by atoms with E-state index in [4.69, 9.17) is 11.6 Å². The highest BCUT2D eigenvalue weighted by Crippen LogP contribution is 2.25. The summed E-state index contributed by atoms with van der Waals surface area (Å²) in [5.41, 5.74) is 2.41. The molecule has 0 radical (unpaired) electrons. The van der Waals surface area contributed by atoms with Crippen LogP contribution in [0.3, 0.4) is 0 Å². The first-order chi connectivity index (χ1) is 7.84. The molecule has 1 aliphatic rings. The molecule has 3 rings (SSSR count). The van der Waals surface area contributed by atoms with Gasteiger partial charge in [0.2, 0.25) is 0 Å². The van der Waals surface area contributed by atoms with Gasteiger partial charge in [0.15, 0.2) is 0 Å². The van der Waals surface area contributed by atoms with E-state index >= 15 is 0 Å². The number of nitrogens with zero attached hydrogens (tertiary/aromatic N) is 2. The zero-order valence-electron chi connectivity index (χ0n) is 9.40. The molecule has 17 heavy (non-hydrogen) atoms. The number of rotatable bonds is 1. The molecule has 1 aromatic carbocycles. The highest BCUT2D eigenvalue weighted by molar-refractivity contribution is 6.30. The quantitative estimate of drug-likeness (QED) is 0.766. The largest absolute Gasteiger partial charge is 0.328 e. The van der Waals surface area contributed by atoms with Crippen LogP contribution in [0, 0.1) is 0 Å². The Morgan fingerprint density at radius 3 is 2.65 bits per heavy atom. The topological polar surface area (TPSA) is 17.8 Å². The lowest BCUT2D eigenvalue weighted by Gasteiger charge is -2.16. The van der Waals surface area contributed by atoms with Gasteiger partial charge in [-0.1, -0.05) is 23.7 Å². The molecular formula is C13H14Cl2N2. The summed E-state index contributed by atoms with van der Waals surface area (Å²) in [6, 6.07) is 7.97. The minimum absolute atomic E-state index is 0. The number of imidazole rings is 1. The lowest BCUT2D eigenvalue weighted by molar-refractivity contribution is 0.526. The predicted octanol–water partition coefficient (Wildman–Crippen LogP) is 3.96. The fraction of sp³-hybridized carbons (Fsp3) is 0.308. The molecule has 2 aromatic rings. The Bertz CT molecular complexity index is 503. The van der Waals surface area contributed by atoms with Crippen molar-refractivity contribution < 1.29 is 0 Å². The maximum absolute atomic E-state index is 5.89. The molecule has 0 saturated heterocycles. The van der Waals surface area contributed by atoms with Crippen LogP contribution >= 0.6 is 24.0 Å².